The van der Waals surface area contributed by atoms with Crippen molar-refractivity contribution >= 4 is 53.9 Å². The molecule has 10 aromatic rings. The average Bonchev–Trinajstić information content (AvgIpc) is 3.19. The third-order valence-corrected chi connectivity index (χ3v) is 10.5. The van der Waals surface area contributed by atoms with Gasteiger partial charge in [-0.25, -0.2) is 0 Å². The Bertz CT molecular complexity index is 2830. The summed E-state index contributed by atoms with van der Waals surface area (Å²) < 4.78 is 0. The molecule has 50 heavy (non-hydrogen) atoms. The summed E-state index contributed by atoms with van der Waals surface area (Å²) in [4.78, 5) is 0. The van der Waals surface area contributed by atoms with Gasteiger partial charge in [-0.2, -0.15) is 0 Å². The minimum Gasteiger partial charge on any atom is -0.0616 e. The molecule has 0 bridgehead atoms. The molecule has 10 aromatic carbocycles. The van der Waals surface area contributed by atoms with Gasteiger partial charge >= 0.3 is 0 Å². The van der Waals surface area contributed by atoms with Crippen molar-refractivity contribution in [1.82, 2.24) is 0 Å². The molecule has 0 nitrogen and oxygen atoms in total. The first kappa shape index (κ1) is 28.5. The van der Waals surface area contributed by atoms with E-state index in [1.165, 1.54) is 98.4 Å². The first-order valence-corrected chi connectivity index (χ1v) is 17.3. The summed E-state index contributed by atoms with van der Waals surface area (Å²) in [6.07, 6.45) is 0. The van der Waals surface area contributed by atoms with E-state index in [0.717, 1.165) is 0 Å². The van der Waals surface area contributed by atoms with Gasteiger partial charge in [-0.3, -0.25) is 0 Å². The molecule has 0 saturated carbocycles. The fourth-order valence-corrected chi connectivity index (χ4v) is 8.05. The first-order chi connectivity index (χ1) is 24.8. The monoisotopic (exact) mass is 632 g/mol. The first-order valence-electron chi connectivity index (χ1n) is 17.3. The predicted octanol–water partition coefficient (Wildman–Crippen LogP) is 14.1. The Morgan fingerprint density at radius 2 is 0.580 bits per heavy atom. The van der Waals surface area contributed by atoms with Crippen molar-refractivity contribution < 1.29 is 0 Å². The quantitative estimate of drug-likeness (QED) is 0.134. The Morgan fingerprint density at radius 1 is 0.200 bits per heavy atom. The topological polar surface area (TPSA) is 0 Å². The van der Waals surface area contributed by atoms with Gasteiger partial charge in [-0.1, -0.05) is 188 Å². The van der Waals surface area contributed by atoms with Gasteiger partial charge < -0.3 is 0 Å². The van der Waals surface area contributed by atoms with E-state index in [2.05, 4.69) is 194 Å². The van der Waals surface area contributed by atoms with Crippen molar-refractivity contribution in [3.8, 4) is 44.5 Å². The molecule has 10 rings (SSSR count). The molecule has 0 spiro atoms. The molecule has 0 N–H and O–H groups in total. The van der Waals surface area contributed by atoms with Crippen molar-refractivity contribution in [3.05, 3.63) is 194 Å². The fourth-order valence-electron chi connectivity index (χ4n) is 8.05. The molecular formula is C50H32. The van der Waals surface area contributed by atoms with Crippen LogP contribution in [0, 0.1) is 0 Å². The van der Waals surface area contributed by atoms with Crippen LogP contribution in [0.3, 0.4) is 0 Å². The van der Waals surface area contributed by atoms with Crippen molar-refractivity contribution in [3.63, 3.8) is 0 Å². The van der Waals surface area contributed by atoms with Crippen molar-refractivity contribution in [2.24, 2.45) is 0 Å². The lowest BCUT2D eigenvalue weighted by Gasteiger charge is -2.18. The second kappa shape index (κ2) is 11.6. The number of benzene rings is 10. The molecular weight excluding hydrogens is 601 g/mol. The number of hydrogen-bond donors (Lipinski definition) is 0. The van der Waals surface area contributed by atoms with Crippen molar-refractivity contribution in [2.45, 2.75) is 0 Å². The van der Waals surface area contributed by atoms with Gasteiger partial charge in [0.05, 0.1) is 0 Å². The van der Waals surface area contributed by atoms with Crippen molar-refractivity contribution in [1.29, 1.82) is 0 Å². The van der Waals surface area contributed by atoms with Crippen LogP contribution in [0.4, 0.5) is 0 Å². The zero-order chi connectivity index (χ0) is 33.0. The van der Waals surface area contributed by atoms with Crippen LogP contribution < -0.4 is 0 Å². The Morgan fingerprint density at radius 3 is 1.16 bits per heavy atom. The average molecular weight is 633 g/mol. The zero-order valence-electron chi connectivity index (χ0n) is 27.5. The minimum atomic E-state index is 1.22. The van der Waals surface area contributed by atoms with Gasteiger partial charge in [0.2, 0.25) is 0 Å². The van der Waals surface area contributed by atoms with Crippen LogP contribution in [0.15, 0.2) is 194 Å². The predicted molar refractivity (Wildman–Crippen MR) is 216 cm³/mol. The second-order valence-corrected chi connectivity index (χ2v) is 13.2. The molecule has 0 aliphatic heterocycles. The lowest BCUT2D eigenvalue weighted by molar-refractivity contribution is 1.62. The number of rotatable bonds is 4. The summed E-state index contributed by atoms with van der Waals surface area (Å²) in [6.45, 7) is 0. The number of hydrogen-bond acceptors (Lipinski definition) is 0. The Kier molecular flexibility index (Phi) is 6.60. The van der Waals surface area contributed by atoms with Crippen LogP contribution in [0.25, 0.3) is 98.4 Å². The molecule has 0 radical (unpaired) electrons. The van der Waals surface area contributed by atoms with Crippen LogP contribution in [-0.4, -0.2) is 0 Å². The lowest BCUT2D eigenvalue weighted by atomic mass is 9.85. The Hall–Kier alpha value is -6.50. The highest BCUT2D eigenvalue weighted by molar-refractivity contribution is 6.21. The molecule has 0 heterocycles. The molecule has 0 saturated heterocycles. The van der Waals surface area contributed by atoms with Gasteiger partial charge in [0.25, 0.3) is 0 Å². The molecule has 0 aromatic heterocycles. The van der Waals surface area contributed by atoms with E-state index in [1.807, 2.05) is 0 Å². The van der Waals surface area contributed by atoms with Gasteiger partial charge in [-0.05, 0) is 104 Å². The molecule has 232 valence electrons. The summed E-state index contributed by atoms with van der Waals surface area (Å²) in [5.74, 6) is 0. The fraction of sp³-hybridized carbons (Fsp3) is 0. The third-order valence-electron chi connectivity index (χ3n) is 10.5. The normalized spacial score (nSPS) is 11.6. The molecule has 0 fully saturated rings. The molecule has 0 unspecified atom stereocenters. The maximum Gasteiger partial charge on any atom is -0.00264 e. The van der Waals surface area contributed by atoms with Crippen LogP contribution in [0.1, 0.15) is 0 Å². The maximum atomic E-state index is 2.35. The molecule has 0 aliphatic carbocycles. The van der Waals surface area contributed by atoms with E-state index < -0.39 is 0 Å². The van der Waals surface area contributed by atoms with Gasteiger partial charge in [-0.15, -0.1) is 0 Å². The van der Waals surface area contributed by atoms with Crippen molar-refractivity contribution in [2.75, 3.05) is 0 Å². The summed E-state index contributed by atoms with van der Waals surface area (Å²) in [6, 6.07) is 71.3. The van der Waals surface area contributed by atoms with E-state index in [-0.39, 0.29) is 0 Å². The highest BCUT2D eigenvalue weighted by Crippen LogP contribution is 2.44. The third kappa shape index (κ3) is 4.61. The second-order valence-electron chi connectivity index (χ2n) is 13.2. The Labute approximate surface area is 291 Å². The van der Waals surface area contributed by atoms with Gasteiger partial charge in [0.1, 0.15) is 0 Å². The van der Waals surface area contributed by atoms with Crippen LogP contribution >= 0.6 is 0 Å². The standard InChI is InChI=1S/C50H32/c1-3-13-41-34(10-1)12-9-19-42(41)36-24-29-39(30-25-36)50-46-17-7-5-15-44(46)49(45-16-6-8-18-47(45)50)38-27-20-33(21-28-38)40-31-26-37-23-22-35-11-2-4-14-43(35)48(37)32-40/h1-32H. The largest absolute Gasteiger partial charge is 0.0616 e. The van der Waals surface area contributed by atoms with E-state index in [0.29, 0.717) is 0 Å². The maximum absolute atomic E-state index is 2.35. The summed E-state index contributed by atoms with van der Waals surface area (Å²) in [7, 11) is 0. The molecule has 0 heteroatoms. The summed E-state index contributed by atoms with van der Waals surface area (Å²) in [5, 5.41) is 12.7. The lowest BCUT2D eigenvalue weighted by Crippen LogP contribution is -1.91. The molecule has 0 amide bonds. The highest BCUT2D eigenvalue weighted by Gasteiger charge is 2.17. The van der Waals surface area contributed by atoms with Gasteiger partial charge in [0, 0.05) is 0 Å². The SMILES string of the molecule is c1ccc2c(-c3ccc(-c4c5ccccc5c(-c5ccc(-c6ccc7ccc8ccccc8c7c6)cc5)c5ccccc45)cc3)cccc2c1. The zero-order valence-corrected chi connectivity index (χ0v) is 27.5. The minimum absolute atomic E-state index is 1.22. The van der Waals surface area contributed by atoms with Crippen LogP contribution in [0.2, 0.25) is 0 Å². The summed E-state index contributed by atoms with van der Waals surface area (Å²) >= 11 is 0. The Balaban J connectivity index is 1.09. The highest BCUT2D eigenvalue weighted by atomic mass is 14.2. The van der Waals surface area contributed by atoms with Crippen LogP contribution in [0.5, 0.6) is 0 Å². The number of fused-ring (bicyclic) bond motifs is 6. The van der Waals surface area contributed by atoms with Gasteiger partial charge in [0.15, 0.2) is 0 Å². The smallest absolute Gasteiger partial charge is 0.00264 e. The van der Waals surface area contributed by atoms with E-state index in [4.69, 9.17) is 0 Å². The molecule has 0 aliphatic rings. The van der Waals surface area contributed by atoms with E-state index in [1.54, 1.807) is 0 Å². The van der Waals surface area contributed by atoms with E-state index >= 15 is 0 Å². The molecule has 0 atom stereocenters. The van der Waals surface area contributed by atoms with E-state index in [9.17, 15) is 0 Å². The summed E-state index contributed by atoms with van der Waals surface area (Å²) in [5.41, 5.74) is 9.97. The van der Waals surface area contributed by atoms with Crippen LogP contribution in [-0.2, 0) is 0 Å².